The van der Waals surface area contributed by atoms with Gasteiger partial charge in [-0.25, -0.2) is 0 Å². The molecule has 0 radical (unpaired) electrons. The second-order valence-corrected chi connectivity index (χ2v) is 6.31. The molecule has 2 aliphatic rings. The van der Waals surface area contributed by atoms with Crippen LogP contribution < -0.4 is 10.2 Å². The Morgan fingerprint density at radius 2 is 1.87 bits per heavy atom. The van der Waals surface area contributed by atoms with Crippen molar-refractivity contribution in [3.05, 3.63) is 41.5 Å². The lowest BCUT2D eigenvalue weighted by Crippen LogP contribution is -2.37. The topological polar surface area (TPSA) is 41.6 Å². The molecule has 23 heavy (non-hydrogen) atoms. The summed E-state index contributed by atoms with van der Waals surface area (Å²) < 4.78 is 5.42. The Morgan fingerprint density at radius 1 is 1.13 bits per heavy atom. The number of amides is 1. The van der Waals surface area contributed by atoms with Crippen LogP contribution in [0, 0.1) is 0 Å². The Kier molecular flexibility index (Phi) is 5.70. The highest BCUT2D eigenvalue weighted by atomic mass is 16.5. The summed E-state index contributed by atoms with van der Waals surface area (Å²) in [4.78, 5) is 14.5. The zero-order valence-corrected chi connectivity index (χ0v) is 13.7. The largest absolute Gasteiger partial charge is 0.378 e. The summed E-state index contributed by atoms with van der Waals surface area (Å²) in [5, 5.41) is 3.05. The molecule has 1 heterocycles. The summed E-state index contributed by atoms with van der Waals surface area (Å²) in [6.07, 6.45) is 7.72. The number of morpholine rings is 1. The first-order valence-corrected chi connectivity index (χ1v) is 8.71. The zero-order chi connectivity index (χ0) is 15.9. The highest BCUT2D eigenvalue weighted by molar-refractivity contribution is 5.88. The minimum absolute atomic E-state index is 0.0404. The lowest BCUT2D eigenvalue weighted by Gasteiger charge is -2.30. The van der Waals surface area contributed by atoms with E-state index in [0.717, 1.165) is 39.1 Å². The van der Waals surface area contributed by atoms with Crippen molar-refractivity contribution in [1.29, 1.82) is 0 Å². The van der Waals surface area contributed by atoms with Gasteiger partial charge in [-0.3, -0.25) is 4.79 Å². The SMILES string of the molecule is O=C(C=C1CCCCC1)NCc1ccccc1N1CCOCC1. The van der Waals surface area contributed by atoms with Crippen LogP contribution in [0.2, 0.25) is 0 Å². The zero-order valence-electron chi connectivity index (χ0n) is 13.7. The van der Waals surface area contributed by atoms with Crippen molar-refractivity contribution < 1.29 is 9.53 Å². The molecule has 124 valence electrons. The van der Waals surface area contributed by atoms with Crippen molar-refractivity contribution in [1.82, 2.24) is 5.32 Å². The summed E-state index contributed by atoms with van der Waals surface area (Å²) in [6.45, 7) is 3.94. The van der Waals surface area contributed by atoms with Crippen molar-refractivity contribution in [3.63, 3.8) is 0 Å². The molecule has 0 bridgehead atoms. The molecule has 1 aromatic carbocycles. The fraction of sp³-hybridized carbons (Fsp3) is 0.526. The Balaban J connectivity index is 1.60. The molecule has 2 fully saturated rings. The van der Waals surface area contributed by atoms with Crippen LogP contribution in [0.1, 0.15) is 37.7 Å². The maximum atomic E-state index is 12.2. The van der Waals surface area contributed by atoms with Gasteiger partial charge in [0.25, 0.3) is 0 Å². The summed E-state index contributed by atoms with van der Waals surface area (Å²) >= 11 is 0. The number of anilines is 1. The van der Waals surface area contributed by atoms with E-state index in [4.69, 9.17) is 4.74 Å². The van der Waals surface area contributed by atoms with Crippen LogP contribution in [-0.2, 0) is 16.1 Å². The maximum absolute atomic E-state index is 12.2. The number of nitrogens with one attached hydrogen (secondary N) is 1. The Hall–Kier alpha value is -1.81. The van der Waals surface area contributed by atoms with Gasteiger partial charge in [-0.05, 0) is 37.3 Å². The van der Waals surface area contributed by atoms with Crippen LogP contribution >= 0.6 is 0 Å². The predicted octanol–water partition coefficient (Wildman–Crippen LogP) is 3.03. The van der Waals surface area contributed by atoms with Crippen molar-refractivity contribution in [2.75, 3.05) is 31.2 Å². The van der Waals surface area contributed by atoms with Crippen LogP contribution in [0.4, 0.5) is 5.69 Å². The number of nitrogens with zero attached hydrogens (tertiary/aromatic N) is 1. The van der Waals surface area contributed by atoms with E-state index in [-0.39, 0.29) is 5.91 Å². The van der Waals surface area contributed by atoms with Gasteiger partial charge in [0.2, 0.25) is 5.91 Å². The van der Waals surface area contributed by atoms with Gasteiger partial charge in [0, 0.05) is 31.4 Å². The molecule has 0 aromatic heterocycles. The number of allylic oxidation sites excluding steroid dienone is 1. The molecule has 0 atom stereocenters. The summed E-state index contributed by atoms with van der Waals surface area (Å²) in [6, 6.07) is 8.32. The summed E-state index contributed by atoms with van der Waals surface area (Å²) in [5.41, 5.74) is 3.68. The number of carbonyl (C=O) groups excluding carboxylic acids is 1. The molecular formula is C19H26N2O2. The lowest BCUT2D eigenvalue weighted by atomic mass is 9.94. The number of benzene rings is 1. The van der Waals surface area contributed by atoms with Crippen LogP contribution in [0.15, 0.2) is 35.9 Å². The van der Waals surface area contributed by atoms with Crippen molar-refractivity contribution >= 4 is 11.6 Å². The number of hydrogen-bond acceptors (Lipinski definition) is 3. The smallest absolute Gasteiger partial charge is 0.244 e. The van der Waals surface area contributed by atoms with Gasteiger partial charge in [0.15, 0.2) is 0 Å². The fourth-order valence-corrected chi connectivity index (χ4v) is 3.34. The van der Waals surface area contributed by atoms with E-state index in [0.29, 0.717) is 6.54 Å². The monoisotopic (exact) mass is 314 g/mol. The molecule has 0 spiro atoms. The van der Waals surface area contributed by atoms with Gasteiger partial charge in [-0.15, -0.1) is 0 Å². The molecule has 1 amide bonds. The number of carbonyl (C=O) groups is 1. The third-order valence-electron chi connectivity index (χ3n) is 4.63. The first-order valence-electron chi connectivity index (χ1n) is 8.71. The quantitative estimate of drug-likeness (QED) is 0.869. The van der Waals surface area contributed by atoms with Crippen molar-refractivity contribution in [2.24, 2.45) is 0 Å². The highest BCUT2D eigenvalue weighted by Gasteiger charge is 2.14. The Bertz CT molecular complexity index is 554. The lowest BCUT2D eigenvalue weighted by molar-refractivity contribution is -0.116. The molecule has 4 heteroatoms. The first-order chi connectivity index (χ1) is 11.3. The molecule has 1 N–H and O–H groups in total. The van der Waals surface area contributed by atoms with E-state index in [2.05, 4.69) is 28.4 Å². The fourth-order valence-electron chi connectivity index (χ4n) is 3.34. The maximum Gasteiger partial charge on any atom is 0.244 e. The molecule has 1 aliphatic carbocycles. The van der Waals surface area contributed by atoms with Crippen LogP contribution in [0.3, 0.4) is 0 Å². The van der Waals surface area contributed by atoms with Crippen molar-refractivity contribution in [2.45, 2.75) is 38.6 Å². The minimum atomic E-state index is 0.0404. The molecule has 1 aromatic rings. The normalized spacial score (nSPS) is 18.6. The van der Waals surface area contributed by atoms with E-state index >= 15 is 0 Å². The summed E-state index contributed by atoms with van der Waals surface area (Å²) in [7, 11) is 0. The van der Waals surface area contributed by atoms with E-state index in [1.54, 1.807) is 0 Å². The standard InChI is InChI=1S/C19H26N2O2/c22-19(14-16-6-2-1-3-7-16)20-15-17-8-4-5-9-18(17)21-10-12-23-13-11-21/h4-5,8-9,14H,1-3,6-7,10-13,15H2,(H,20,22). The van der Waals surface area contributed by atoms with Crippen LogP contribution in [0.5, 0.6) is 0 Å². The average Bonchev–Trinajstić information content (AvgIpc) is 2.62. The predicted molar refractivity (Wildman–Crippen MR) is 92.5 cm³/mol. The molecule has 3 rings (SSSR count). The van der Waals surface area contributed by atoms with Gasteiger partial charge >= 0.3 is 0 Å². The first kappa shape index (κ1) is 16.1. The van der Waals surface area contributed by atoms with E-state index < -0.39 is 0 Å². The van der Waals surface area contributed by atoms with Gasteiger partial charge in [0.1, 0.15) is 0 Å². The molecule has 1 aliphatic heterocycles. The number of rotatable bonds is 4. The molecule has 0 unspecified atom stereocenters. The Labute approximate surface area is 138 Å². The van der Waals surface area contributed by atoms with Gasteiger partial charge in [-0.2, -0.15) is 0 Å². The van der Waals surface area contributed by atoms with E-state index in [9.17, 15) is 4.79 Å². The molecule has 4 nitrogen and oxygen atoms in total. The number of ether oxygens (including phenoxy) is 1. The van der Waals surface area contributed by atoms with E-state index in [1.165, 1.54) is 36.1 Å². The van der Waals surface area contributed by atoms with Gasteiger partial charge in [-0.1, -0.05) is 30.2 Å². The second-order valence-electron chi connectivity index (χ2n) is 6.31. The summed E-state index contributed by atoms with van der Waals surface area (Å²) in [5.74, 6) is 0.0404. The van der Waals surface area contributed by atoms with Crippen LogP contribution in [0.25, 0.3) is 0 Å². The number of hydrogen-bond donors (Lipinski definition) is 1. The minimum Gasteiger partial charge on any atom is -0.378 e. The average molecular weight is 314 g/mol. The third-order valence-corrected chi connectivity index (χ3v) is 4.63. The second kappa shape index (κ2) is 8.16. The Morgan fingerprint density at radius 3 is 2.65 bits per heavy atom. The molecule has 1 saturated carbocycles. The van der Waals surface area contributed by atoms with E-state index in [1.807, 2.05) is 12.1 Å². The van der Waals surface area contributed by atoms with Crippen molar-refractivity contribution in [3.8, 4) is 0 Å². The van der Waals surface area contributed by atoms with Crippen LogP contribution in [-0.4, -0.2) is 32.2 Å². The highest BCUT2D eigenvalue weighted by Crippen LogP contribution is 2.23. The molecule has 1 saturated heterocycles. The van der Waals surface area contributed by atoms with Gasteiger partial charge < -0.3 is 15.0 Å². The van der Waals surface area contributed by atoms with Gasteiger partial charge in [0.05, 0.1) is 13.2 Å². The third kappa shape index (κ3) is 4.58. The number of para-hydroxylation sites is 1. The molecular weight excluding hydrogens is 288 g/mol.